The van der Waals surface area contributed by atoms with Gasteiger partial charge in [0.05, 0.1) is 12.7 Å². The zero-order chi connectivity index (χ0) is 14.7. The predicted octanol–water partition coefficient (Wildman–Crippen LogP) is 4.28. The lowest BCUT2D eigenvalue weighted by atomic mass is 10.1. The van der Waals surface area contributed by atoms with Crippen molar-refractivity contribution in [2.45, 2.75) is 20.8 Å². The highest BCUT2D eigenvalue weighted by Crippen LogP contribution is 2.32. The first kappa shape index (κ1) is 14.0. The second-order valence-electron chi connectivity index (χ2n) is 4.78. The molecule has 0 unspecified atom stereocenters. The molecule has 102 valence electrons. The van der Waals surface area contributed by atoms with E-state index in [-0.39, 0.29) is 0 Å². The lowest BCUT2D eigenvalue weighted by molar-refractivity contribution is 0.408. The van der Waals surface area contributed by atoms with Crippen LogP contribution in [-0.4, -0.2) is 7.11 Å². The van der Waals surface area contributed by atoms with Crippen LogP contribution >= 0.6 is 0 Å². The molecule has 0 heterocycles. The first-order valence-corrected chi connectivity index (χ1v) is 6.39. The largest absolute Gasteiger partial charge is 0.497 e. The zero-order valence-electron chi connectivity index (χ0n) is 12.2. The van der Waals surface area contributed by atoms with E-state index in [9.17, 15) is 0 Å². The molecule has 3 nitrogen and oxygen atoms in total. The maximum Gasteiger partial charge on any atom is 0.148 e. The third kappa shape index (κ3) is 2.75. The van der Waals surface area contributed by atoms with Gasteiger partial charge in [0.15, 0.2) is 0 Å². The van der Waals surface area contributed by atoms with E-state index in [1.54, 1.807) is 25.3 Å². The summed E-state index contributed by atoms with van der Waals surface area (Å²) in [6, 6.07) is 11.4. The van der Waals surface area contributed by atoms with Gasteiger partial charge in [0.2, 0.25) is 0 Å². The number of rotatable bonds is 3. The van der Waals surface area contributed by atoms with Crippen LogP contribution in [0.4, 0.5) is 0 Å². The van der Waals surface area contributed by atoms with Crippen molar-refractivity contribution in [1.29, 1.82) is 5.26 Å². The van der Waals surface area contributed by atoms with Gasteiger partial charge >= 0.3 is 0 Å². The highest BCUT2D eigenvalue weighted by molar-refractivity contribution is 5.51. The maximum absolute atomic E-state index is 9.17. The van der Waals surface area contributed by atoms with Gasteiger partial charge < -0.3 is 9.47 Å². The van der Waals surface area contributed by atoms with Gasteiger partial charge in [-0.15, -0.1) is 0 Å². The van der Waals surface area contributed by atoms with Crippen LogP contribution in [0.2, 0.25) is 0 Å². The minimum atomic E-state index is 0.490. The van der Waals surface area contributed by atoms with Crippen LogP contribution < -0.4 is 9.47 Å². The SMILES string of the molecule is COc1ccc(C#N)c(Oc2cc(C)cc(C)c2C)c1. The number of hydrogen-bond donors (Lipinski definition) is 0. The van der Waals surface area contributed by atoms with Crippen LogP contribution in [0.25, 0.3) is 0 Å². The monoisotopic (exact) mass is 267 g/mol. The van der Waals surface area contributed by atoms with Crippen molar-refractivity contribution in [3.05, 3.63) is 52.6 Å². The van der Waals surface area contributed by atoms with Crippen molar-refractivity contribution in [2.75, 3.05) is 7.11 Å². The summed E-state index contributed by atoms with van der Waals surface area (Å²) in [5.41, 5.74) is 3.86. The lowest BCUT2D eigenvalue weighted by Gasteiger charge is -2.13. The summed E-state index contributed by atoms with van der Waals surface area (Å²) in [7, 11) is 1.59. The number of benzene rings is 2. The van der Waals surface area contributed by atoms with E-state index < -0.39 is 0 Å². The molecule has 0 amide bonds. The molecule has 0 bridgehead atoms. The van der Waals surface area contributed by atoms with Gasteiger partial charge in [0.1, 0.15) is 23.3 Å². The fraction of sp³-hybridized carbons (Fsp3) is 0.235. The summed E-state index contributed by atoms with van der Waals surface area (Å²) >= 11 is 0. The Morgan fingerprint density at radius 1 is 1.00 bits per heavy atom. The van der Waals surface area contributed by atoms with E-state index in [1.807, 2.05) is 26.8 Å². The van der Waals surface area contributed by atoms with Crippen molar-refractivity contribution in [3.63, 3.8) is 0 Å². The second-order valence-corrected chi connectivity index (χ2v) is 4.78. The summed E-state index contributed by atoms with van der Waals surface area (Å²) < 4.78 is 11.1. The molecule has 0 saturated carbocycles. The summed E-state index contributed by atoms with van der Waals surface area (Å²) in [6.07, 6.45) is 0. The van der Waals surface area contributed by atoms with Crippen molar-refractivity contribution < 1.29 is 9.47 Å². The average Bonchev–Trinajstić information content (AvgIpc) is 2.44. The third-order valence-electron chi connectivity index (χ3n) is 3.29. The zero-order valence-corrected chi connectivity index (χ0v) is 12.2. The summed E-state index contributed by atoms with van der Waals surface area (Å²) in [5, 5.41) is 9.17. The quantitative estimate of drug-likeness (QED) is 0.833. The Bertz CT molecular complexity index is 684. The van der Waals surface area contributed by atoms with Crippen LogP contribution in [0.15, 0.2) is 30.3 Å². The van der Waals surface area contributed by atoms with Gasteiger partial charge in [0, 0.05) is 6.07 Å². The second kappa shape index (κ2) is 5.66. The fourth-order valence-corrected chi connectivity index (χ4v) is 2.03. The van der Waals surface area contributed by atoms with Gasteiger partial charge in [-0.25, -0.2) is 0 Å². The molecule has 0 N–H and O–H groups in total. The van der Waals surface area contributed by atoms with Crippen molar-refractivity contribution in [2.24, 2.45) is 0 Å². The molecule has 2 aromatic carbocycles. The third-order valence-corrected chi connectivity index (χ3v) is 3.29. The summed E-state index contributed by atoms with van der Waals surface area (Å²) in [4.78, 5) is 0. The van der Waals surface area contributed by atoms with Crippen LogP contribution in [0.3, 0.4) is 0 Å². The molecule has 0 saturated heterocycles. The molecule has 2 rings (SSSR count). The van der Waals surface area contributed by atoms with E-state index in [0.717, 1.165) is 16.9 Å². The molecule has 0 atom stereocenters. The predicted molar refractivity (Wildman–Crippen MR) is 78.4 cm³/mol. The van der Waals surface area contributed by atoms with Gasteiger partial charge in [-0.1, -0.05) is 6.07 Å². The molecule has 0 aliphatic carbocycles. The Morgan fingerprint density at radius 2 is 1.75 bits per heavy atom. The Hall–Kier alpha value is -2.47. The highest BCUT2D eigenvalue weighted by Gasteiger charge is 2.10. The molecule has 0 aromatic heterocycles. The van der Waals surface area contributed by atoms with Crippen molar-refractivity contribution >= 4 is 0 Å². The average molecular weight is 267 g/mol. The number of nitrogens with zero attached hydrogens (tertiary/aromatic N) is 1. The molecule has 0 aliphatic rings. The minimum absolute atomic E-state index is 0.490. The minimum Gasteiger partial charge on any atom is -0.497 e. The number of nitriles is 1. The van der Waals surface area contributed by atoms with Crippen LogP contribution in [0.1, 0.15) is 22.3 Å². The first-order valence-electron chi connectivity index (χ1n) is 6.39. The van der Waals surface area contributed by atoms with E-state index in [0.29, 0.717) is 17.1 Å². The molecule has 0 radical (unpaired) electrons. The molecular formula is C17H17NO2. The molecule has 0 aliphatic heterocycles. The first-order chi connectivity index (χ1) is 9.55. The Morgan fingerprint density at radius 3 is 2.40 bits per heavy atom. The Kier molecular flexibility index (Phi) is 3.95. The molecule has 0 fully saturated rings. The van der Waals surface area contributed by atoms with Crippen LogP contribution in [0.5, 0.6) is 17.2 Å². The summed E-state index contributed by atoms with van der Waals surface area (Å²) in [6.45, 7) is 6.08. The van der Waals surface area contributed by atoms with Crippen LogP contribution in [-0.2, 0) is 0 Å². The van der Waals surface area contributed by atoms with E-state index in [1.165, 1.54) is 5.56 Å². The number of aryl methyl sites for hydroxylation is 2. The topological polar surface area (TPSA) is 42.2 Å². The van der Waals surface area contributed by atoms with E-state index in [4.69, 9.17) is 14.7 Å². The Balaban J connectivity index is 2.47. The smallest absolute Gasteiger partial charge is 0.148 e. The van der Waals surface area contributed by atoms with E-state index >= 15 is 0 Å². The van der Waals surface area contributed by atoms with E-state index in [2.05, 4.69) is 12.1 Å². The van der Waals surface area contributed by atoms with Gasteiger partial charge in [0.25, 0.3) is 0 Å². The summed E-state index contributed by atoms with van der Waals surface area (Å²) in [5.74, 6) is 1.95. The normalized spacial score (nSPS) is 9.95. The van der Waals surface area contributed by atoms with Gasteiger partial charge in [-0.2, -0.15) is 5.26 Å². The number of methoxy groups -OCH3 is 1. The van der Waals surface area contributed by atoms with Crippen molar-refractivity contribution in [1.82, 2.24) is 0 Å². The molecule has 2 aromatic rings. The maximum atomic E-state index is 9.17. The Labute approximate surface area is 119 Å². The molecule has 20 heavy (non-hydrogen) atoms. The van der Waals surface area contributed by atoms with Crippen LogP contribution in [0, 0.1) is 32.1 Å². The van der Waals surface area contributed by atoms with Crippen molar-refractivity contribution in [3.8, 4) is 23.3 Å². The fourth-order valence-electron chi connectivity index (χ4n) is 2.03. The number of ether oxygens (including phenoxy) is 2. The molecule has 3 heteroatoms. The lowest BCUT2D eigenvalue weighted by Crippen LogP contribution is -1.94. The number of hydrogen-bond acceptors (Lipinski definition) is 3. The standard InChI is InChI=1S/C17H17NO2/c1-11-7-12(2)13(3)16(8-11)20-17-9-15(19-4)6-5-14(17)10-18/h5-9H,1-4H3. The van der Waals surface area contributed by atoms with Gasteiger partial charge in [-0.05, 0) is 55.7 Å². The highest BCUT2D eigenvalue weighted by atomic mass is 16.5. The van der Waals surface area contributed by atoms with Gasteiger partial charge in [-0.3, -0.25) is 0 Å². The molecular weight excluding hydrogens is 250 g/mol. The molecule has 0 spiro atoms.